The first-order chi connectivity index (χ1) is 6.20. The molecule has 0 fully saturated rings. The van der Waals surface area contributed by atoms with Crippen molar-refractivity contribution in [3.05, 3.63) is 35.4 Å². The van der Waals surface area contributed by atoms with Gasteiger partial charge in [-0.2, -0.15) is 0 Å². The molecule has 0 N–H and O–H groups in total. The van der Waals surface area contributed by atoms with Gasteiger partial charge in [0.25, 0.3) is 5.91 Å². The van der Waals surface area contributed by atoms with Crippen LogP contribution in [-0.4, -0.2) is 15.8 Å². The van der Waals surface area contributed by atoms with Gasteiger partial charge in [-0.1, -0.05) is 29.8 Å². The number of rotatable bonds is 0. The minimum atomic E-state index is -0.441. The Labute approximate surface area is 86.2 Å². The van der Waals surface area contributed by atoms with Crippen LogP contribution in [0.1, 0.15) is 15.9 Å². The van der Waals surface area contributed by atoms with Crippen LogP contribution >= 0.6 is 23.4 Å². The average molecular weight is 216 g/mol. The van der Waals surface area contributed by atoms with Crippen molar-refractivity contribution >= 4 is 29.3 Å². The topological polar surface area (TPSA) is 20.3 Å². The molecule has 68 valence electrons. The van der Waals surface area contributed by atoms with Crippen molar-refractivity contribution in [2.24, 2.45) is 0 Å². The largest absolute Gasteiger partial charge is 0.269 e. The predicted molar refractivity (Wildman–Crippen MR) is 51.8 cm³/mol. The van der Waals surface area contributed by atoms with E-state index < -0.39 is 5.50 Å². The van der Waals surface area contributed by atoms with Gasteiger partial charge in [0, 0.05) is 23.8 Å². The second-order valence-electron chi connectivity index (χ2n) is 2.91. The minimum Gasteiger partial charge on any atom is -0.268 e. The molecule has 0 aliphatic carbocycles. The molecule has 0 saturated heterocycles. The Bertz CT molecular complexity index is 353. The molecule has 0 aromatic heterocycles. The highest BCUT2D eigenvalue weighted by Crippen LogP contribution is 2.26. The van der Waals surface area contributed by atoms with Crippen molar-refractivity contribution in [3.8, 4) is 0 Å². The lowest BCUT2D eigenvalue weighted by atomic mass is 10.0. The molecule has 1 heterocycles. The fourth-order valence-electron chi connectivity index (χ4n) is 1.41. The predicted octanol–water partition coefficient (Wildman–Crippen LogP) is 2.40. The Morgan fingerprint density at radius 3 is 2.85 bits per heavy atom. The molecule has 1 unspecified atom stereocenters. The second kappa shape index (κ2) is 3.20. The fourth-order valence-corrected chi connectivity index (χ4v) is 1.83. The third kappa shape index (κ3) is 1.40. The highest BCUT2D eigenvalue weighted by Gasteiger charge is 2.29. The van der Waals surface area contributed by atoms with Crippen LogP contribution in [0.2, 0.25) is 0 Å². The molecule has 1 atom stereocenters. The molecule has 2 rings (SSSR count). The number of hydrogen-bond donors (Lipinski definition) is 0. The molecule has 1 aromatic rings. The van der Waals surface area contributed by atoms with E-state index in [-0.39, 0.29) is 5.91 Å². The van der Waals surface area contributed by atoms with E-state index in [1.54, 1.807) is 6.07 Å². The van der Waals surface area contributed by atoms with Crippen LogP contribution in [0.15, 0.2) is 24.3 Å². The van der Waals surface area contributed by atoms with Crippen LogP contribution in [-0.2, 0) is 6.42 Å². The lowest BCUT2D eigenvalue weighted by Gasteiger charge is -2.26. The first-order valence-corrected chi connectivity index (χ1v) is 4.69. The van der Waals surface area contributed by atoms with Crippen LogP contribution in [0, 0.1) is 0 Å². The summed E-state index contributed by atoms with van der Waals surface area (Å²) in [6.45, 7) is 0. The molecule has 1 aliphatic rings. The van der Waals surface area contributed by atoms with Crippen molar-refractivity contribution in [1.82, 2.24) is 4.42 Å². The number of benzene rings is 1. The maximum atomic E-state index is 11.5. The smallest absolute Gasteiger partial charge is 0.268 e. The summed E-state index contributed by atoms with van der Waals surface area (Å²) in [4.78, 5) is 11.5. The zero-order valence-corrected chi connectivity index (χ0v) is 8.22. The Hall–Kier alpha value is -0.730. The van der Waals surface area contributed by atoms with Crippen molar-refractivity contribution in [3.63, 3.8) is 0 Å². The molecule has 1 aromatic carbocycles. The Morgan fingerprint density at radius 1 is 1.38 bits per heavy atom. The normalized spacial score (nSPS) is 21.5. The number of carbonyl (C=O) groups excluding carboxylic acids is 1. The van der Waals surface area contributed by atoms with Crippen molar-refractivity contribution < 1.29 is 4.79 Å². The molecule has 0 bridgehead atoms. The van der Waals surface area contributed by atoms with Gasteiger partial charge in [-0.05, 0) is 11.6 Å². The fraction of sp³-hybridized carbons (Fsp3) is 0.222. The Kier molecular flexibility index (Phi) is 2.18. The maximum absolute atomic E-state index is 11.5. The quantitative estimate of drug-likeness (QED) is 0.370. The number of hydrogen-bond acceptors (Lipinski definition) is 1. The average Bonchev–Trinajstić information content (AvgIpc) is 2.15. The van der Waals surface area contributed by atoms with Crippen LogP contribution < -0.4 is 0 Å². The summed E-state index contributed by atoms with van der Waals surface area (Å²) in [5.41, 5.74) is 1.17. The molecule has 0 radical (unpaired) electrons. The van der Waals surface area contributed by atoms with Gasteiger partial charge in [-0.3, -0.25) is 4.79 Å². The van der Waals surface area contributed by atoms with E-state index in [0.717, 1.165) is 9.98 Å². The van der Waals surface area contributed by atoms with Crippen molar-refractivity contribution in [2.45, 2.75) is 11.9 Å². The van der Waals surface area contributed by atoms with Gasteiger partial charge in [-0.25, -0.2) is 4.42 Å². The zero-order valence-electron chi connectivity index (χ0n) is 6.71. The van der Waals surface area contributed by atoms with E-state index in [0.29, 0.717) is 12.0 Å². The number of nitrogens with zero attached hydrogens (tertiary/aromatic N) is 1. The summed E-state index contributed by atoms with van der Waals surface area (Å²) >= 11 is 11.6. The van der Waals surface area contributed by atoms with Crippen molar-refractivity contribution in [2.75, 3.05) is 0 Å². The van der Waals surface area contributed by atoms with Gasteiger partial charge in [0.2, 0.25) is 0 Å². The second-order valence-corrected chi connectivity index (χ2v) is 3.78. The molecule has 0 saturated carbocycles. The summed E-state index contributed by atoms with van der Waals surface area (Å²) in [5.74, 6) is -0.219. The van der Waals surface area contributed by atoms with Gasteiger partial charge in [-0.15, -0.1) is 0 Å². The molecule has 13 heavy (non-hydrogen) atoms. The van der Waals surface area contributed by atoms with Crippen LogP contribution in [0.5, 0.6) is 0 Å². The number of fused-ring (bicyclic) bond motifs is 1. The van der Waals surface area contributed by atoms with E-state index >= 15 is 0 Å². The maximum Gasteiger partial charge on any atom is 0.269 e. The molecule has 4 heteroatoms. The first kappa shape index (κ1) is 8.85. The Balaban J connectivity index is 2.49. The van der Waals surface area contributed by atoms with Crippen LogP contribution in [0.3, 0.4) is 0 Å². The standard InChI is InChI=1S/C9H7Cl2NO/c10-8-5-6-3-1-2-4-7(6)9(13)12(8)11/h1-4,8H,5H2. The number of alkyl halides is 1. The van der Waals surface area contributed by atoms with E-state index in [9.17, 15) is 4.79 Å². The van der Waals surface area contributed by atoms with Crippen LogP contribution in [0.25, 0.3) is 0 Å². The summed E-state index contributed by atoms with van der Waals surface area (Å²) in [6, 6.07) is 7.36. The van der Waals surface area contributed by atoms with E-state index in [1.165, 1.54) is 0 Å². The molecule has 2 nitrogen and oxygen atoms in total. The zero-order chi connectivity index (χ0) is 9.42. The third-order valence-electron chi connectivity index (χ3n) is 2.08. The first-order valence-electron chi connectivity index (χ1n) is 3.91. The number of amides is 1. The van der Waals surface area contributed by atoms with Gasteiger partial charge < -0.3 is 0 Å². The van der Waals surface area contributed by atoms with Crippen molar-refractivity contribution in [1.29, 1.82) is 0 Å². The lowest BCUT2D eigenvalue weighted by molar-refractivity contribution is 0.0838. The van der Waals surface area contributed by atoms with Gasteiger partial charge in [0.15, 0.2) is 0 Å². The molecule has 0 spiro atoms. The van der Waals surface area contributed by atoms with Crippen LogP contribution in [0.4, 0.5) is 0 Å². The third-order valence-corrected chi connectivity index (χ3v) is 2.91. The SMILES string of the molecule is O=C1c2ccccc2CC(Cl)N1Cl. The highest BCUT2D eigenvalue weighted by atomic mass is 35.5. The summed E-state index contributed by atoms with van der Waals surface area (Å²) in [6.07, 6.45) is 0.604. The van der Waals surface area contributed by atoms with E-state index in [2.05, 4.69) is 0 Å². The monoisotopic (exact) mass is 215 g/mol. The van der Waals surface area contributed by atoms with Gasteiger partial charge in [0.1, 0.15) is 5.50 Å². The van der Waals surface area contributed by atoms with Gasteiger partial charge in [0.05, 0.1) is 0 Å². The molecular formula is C9H7Cl2NO. The highest BCUT2D eigenvalue weighted by molar-refractivity contribution is 6.32. The van der Waals surface area contributed by atoms with E-state index in [1.807, 2.05) is 18.2 Å². The van der Waals surface area contributed by atoms with E-state index in [4.69, 9.17) is 23.4 Å². The molecular weight excluding hydrogens is 209 g/mol. The molecule has 1 amide bonds. The minimum absolute atomic E-state index is 0.219. The Morgan fingerprint density at radius 2 is 2.08 bits per heavy atom. The summed E-state index contributed by atoms with van der Waals surface area (Å²) in [5, 5.41) is 0. The summed E-state index contributed by atoms with van der Waals surface area (Å²) in [7, 11) is 0. The van der Waals surface area contributed by atoms with Gasteiger partial charge >= 0.3 is 0 Å². The molecule has 1 aliphatic heterocycles. The summed E-state index contributed by atoms with van der Waals surface area (Å²) < 4.78 is 1.05. The number of carbonyl (C=O) groups is 1. The lowest BCUT2D eigenvalue weighted by Crippen LogP contribution is -2.35. The number of halogens is 2.